The molecule has 0 atom stereocenters. The lowest BCUT2D eigenvalue weighted by Crippen LogP contribution is -1.98. The zero-order valence-electron chi connectivity index (χ0n) is 11.6. The molecule has 0 radical (unpaired) electrons. The van der Waals surface area contributed by atoms with Gasteiger partial charge in [0.2, 0.25) is 0 Å². The summed E-state index contributed by atoms with van der Waals surface area (Å²) in [5.74, 6) is 0.689. The number of nitro benzene ring substituents is 1. The fraction of sp³-hybridized carbons (Fsp3) is 0.0667. The number of aryl methyl sites for hydroxylation is 1. The van der Waals surface area contributed by atoms with Crippen molar-refractivity contribution in [3.63, 3.8) is 0 Å². The first-order valence-corrected chi connectivity index (χ1v) is 7.65. The Kier molecular flexibility index (Phi) is 3.82. The van der Waals surface area contributed by atoms with Gasteiger partial charge in [0.05, 0.1) is 4.92 Å². The van der Waals surface area contributed by atoms with E-state index in [2.05, 4.69) is 4.37 Å². The summed E-state index contributed by atoms with van der Waals surface area (Å²) in [5, 5.41) is 10.7. The first-order valence-electron chi connectivity index (χ1n) is 6.47. The van der Waals surface area contributed by atoms with E-state index in [4.69, 9.17) is 12.2 Å². The highest BCUT2D eigenvalue weighted by Gasteiger charge is 2.12. The standard InChI is InChI=1S/C15H11N3O2S2/c1-10-2-6-12(7-3-10)17-14(16-22-15(17)21)11-4-8-13(9-5-11)18(19)20/h2-9H,1H3. The van der Waals surface area contributed by atoms with Crippen molar-refractivity contribution in [3.05, 3.63) is 68.2 Å². The third kappa shape index (κ3) is 2.68. The summed E-state index contributed by atoms with van der Waals surface area (Å²) < 4.78 is 6.90. The fourth-order valence-electron chi connectivity index (χ4n) is 2.09. The van der Waals surface area contributed by atoms with Gasteiger partial charge in [-0.05, 0) is 54.9 Å². The van der Waals surface area contributed by atoms with Crippen LogP contribution in [0.5, 0.6) is 0 Å². The lowest BCUT2D eigenvalue weighted by atomic mass is 10.2. The highest BCUT2D eigenvalue weighted by Crippen LogP contribution is 2.26. The molecule has 0 saturated heterocycles. The molecule has 110 valence electrons. The molecule has 3 rings (SSSR count). The fourth-order valence-corrected chi connectivity index (χ4v) is 3.01. The van der Waals surface area contributed by atoms with Crippen LogP contribution in [0.2, 0.25) is 0 Å². The van der Waals surface area contributed by atoms with Crippen LogP contribution in [0, 0.1) is 21.0 Å². The number of aromatic nitrogens is 2. The van der Waals surface area contributed by atoms with Gasteiger partial charge in [0.15, 0.2) is 9.78 Å². The predicted molar refractivity (Wildman–Crippen MR) is 89.1 cm³/mol. The van der Waals surface area contributed by atoms with Crippen LogP contribution in [0.4, 0.5) is 5.69 Å². The maximum atomic E-state index is 10.7. The molecule has 22 heavy (non-hydrogen) atoms. The van der Waals surface area contributed by atoms with Crippen LogP contribution in [-0.4, -0.2) is 13.9 Å². The minimum Gasteiger partial charge on any atom is -0.274 e. The largest absolute Gasteiger partial charge is 0.274 e. The minimum atomic E-state index is -0.419. The van der Waals surface area contributed by atoms with Gasteiger partial charge in [-0.25, -0.2) is 0 Å². The van der Waals surface area contributed by atoms with E-state index >= 15 is 0 Å². The number of hydrogen-bond acceptors (Lipinski definition) is 5. The summed E-state index contributed by atoms with van der Waals surface area (Å²) in [6.45, 7) is 2.02. The van der Waals surface area contributed by atoms with Crippen LogP contribution in [0.3, 0.4) is 0 Å². The molecule has 0 bridgehead atoms. The number of nitro groups is 1. The Morgan fingerprint density at radius 1 is 1.14 bits per heavy atom. The van der Waals surface area contributed by atoms with Gasteiger partial charge < -0.3 is 0 Å². The molecule has 0 amide bonds. The van der Waals surface area contributed by atoms with Crippen molar-refractivity contribution >= 4 is 29.4 Å². The van der Waals surface area contributed by atoms with E-state index in [1.54, 1.807) is 12.1 Å². The molecule has 2 aromatic carbocycles. The molecule has 5 nitrogen and oxygen atoms in total. The summed E-state index contributed by atoms with van der Waals surface area (Å²) >= 11 is 6.60. The van der Waals surface area contributed by atoms with Crippen LogP contribution < -0.4 is 0 Å². The van der Waals surface area contributed by atoms with Gasteiger partial charge in [0.1, 0.15) is 0 Å². The second-order valence-electron chi connectivity index (χ2n) is 4.75. The maximum absolute atomic E-state index is 10.7. The Morgan fingerprint density at radius 2 is 1.77 bits per heavy atom. The highest BCUT2D eigenvalue weighted by molar-refractivity contribution is 7.73. The quantitative estimate of drug-likeness (QED) is 0.402. The van der Waals surface area contributed by atoms with Gasteiger partial charge in [-0.15, -0.1) is 0 Å². The molecular weight excluding hydrogens is 318 g/mol. The van der Waals surface area contributed by atoms with Crippen molar-refractivity contribution in [1.82, 2.24) is 8.94 Å². The zero-order chi connectivity index (χ0) is 15.7. The molecule has 0 aliphatic rings. The molecule has 0 saturated carbocycles. The van der Waals surface area contributed by atoms with E-state index in [-0.39, 0.29) is 5.69 Å². The average Bonchev–Trinajstić information content (AvgIpc) is 2.90. The van der Waals surface area contributed by atoms with Crippen molar-refractivity contribution in [1.29, 1.82) is 0 Å². The van der Waals surface area contributed by atoms with Crippen LogP contribution in [0.25, 0.3) is 17.1 Å². The van der Waals surface area contributed by atoms with Gasteiger partial charge in [0.25, 0.3) is 5.69 Å². The van der Waals surface area contributed by atoms with E-state index in [9.17, 15) is 10.1 Å². The molecule has 0 aliphatic carbocycles. The van der Waals surface area contributed by atoms with Crippen LogP contribution in [-0.2, 0) is 0 Å². The number of hydrogen-bond donors (Lipinski definition) is 0. The second-order valence-corrected chi connectivity index (χ2v) is 6.14. The molecule has 7 heteroatoms. The van der Waals surface area contributed by atoms with Crippen LogP contribution in [0.15, 0.2) is 48.5 Å². The number of non-ortho nitro benzene ring substituents is 1. The third-order valence-corrected chi connectivity index (χ3v) is 4.24. The summed E-state index contributed by atoms with van der Waals surface area (Å²) in [4.78, 5) is 10.3. The Labute approximate surface area is 135 Å². The zero-order valence-corrected chi connectivity index (χ0v) is 13.2. The SMILES string of the molecule is Cc1ccc(-n2c(-c3ccc([N+](=O)[O-])cc3)nsc2=S)cc1. The Bertz CT molecular complexity index is 880. The van der Waals surface area contributed by atoms with Gasteiger partial charge >= 0.3 is 0 Å². The van der Waals surface area contributed by atoms with Crippen molar-refractivity contribution in [2.45, 2.75) is 6.92 Å². The van der Waals surface area contributed by atoms with Crippen molar-refractivity contribution in [2.75, 3.05) is 0 Å². The molecule has 0 aliphatic heterocycles. The predicted octanol–water partition coefficient (Wildman–Crippen LogP) is 4.55. The molecule has 3 aromatic rings. The van der Waals surface area contributed by atoms with Crippen molar-refractivity contribution < 1.29 is 4.92 Å². The molecular formula is C15H11N3O2S2. The van der Waals surface area contributed by atoms with Gasteiger partial charge in [-0.1, -0.05) is 17.7 Å². The van der Waals surface area contributed by atoms with Gasteiger partial charge in [-0.2, -0.15) is 4.37 Å². The van der Waals surface area contributed by atoms with E-state index < -0.39 is 4.92 Å². The van der Waals surface area contributed by atoms with Gasteiger partial charge in [0, 0.05) is 23.4 Å². The summed E-state index contributed by atoms with van der Waals surface area (Å²) in [5.41, 5.74) is 2.94. The van der Waals surface area contributed by atoms with E-state index in [1.807, 2.05) is 35.8 Å². The number of benzene rings is 2. The number of nitrogens with zero attached hydrogens (tertiary/aromatic N) is 3. The topological polar surface area (TPSA) is 61.0 Å². The summed E-state index contributed by atoms with van der Waals surface area (Å²) in [6.07, 6.45) is 0. The Balaban J connectivity index is 2.11. The first kappa shape index (κ1) is 14.6. The average molecular weight is 329 g/mol. The maximum Gasteiger partial charge on any atom is 0.269 e. The lowest BCUT2D eigenvalue weighted by molar-refractivity contribution is -0.384. The van der Waals surface area contributed by atoms with Crippen molar-refractivity contribution in [3.8, 4) is 17.1 Å². The van der Waals surface area contributed by atoms with Gasteiger partial charge in [-0.3, -0.25) is 14.7 Å². The molecule has 0 unspecified atom stereocenters. The second kappa shape index (κ2) is 5.78. The Hall–Kier alpha value is -2.38. The smallest absolute Gasteiger partial charge is 0.269 e. The molecule has 0 N–H and O–H groups in total. The monoisotopic (exact) mass is 329 g/mol. The normalized spacial score (nSPS) is 10.6. The Morgan fingerprint density at radius 3 is 2.36 bits per heavy atom. The molecule has 0 spiro atoms. The van der Waals surface area contributed by atoms with Crippen molar-refractivity contribution in [2.24, 2.45) is 0 Å². The first-order chi connectivity index (χ1) is 10.6. The lowest BCUT2D eigenvalue weighted by Gasteiger charge is -2.07. The minimum absolute atomic E-state index is 0.0551. The van der Waals surface area contributed by atoms with Crippen LogP contribution >= 0.6 is 23.8 Å². The summed E-state index contributed by atoms with van der Waals surface area (Å²) in [7, 11) is 0. The highest BCUT2D eigenvalue weighted by atomic mass is 32.2. The van der Waals surface area contributed by atoms with Crippen LogP contribution in [0.1, 0.15) is 5.56 Å². The molecule has 0 fully saturated rings. The van der Waals surface area contributed by atoms with E-state index in [1.165, 1.54) is 23.7 Å². The number of rotatable bonds is 3. The summed E-state index contributed by atoms with van der Waals surface area (Å²) in [6, 6.07) is 14.3. The molecule has 1 aromatic heterocycles. The van der Waals surface area contributed by atoms with E-state index in [0.29, 0.717) is 9.78 Å². The molecule has 1 heterocycles. The third-order valence-electron chi connectivity index (χ3n) is 3.23. The van der Waals surface area contributed by atoms with E-state index in [0.717, 1.165) is 16.8 Å².